The van der Waals surface area contributed by atoms with E-state index in [2.05, 4.69) is 4.90 Å². The van der Waals surface area contributed by atoms with Crippen LogP contribution in [0.3, 0.4) is 0 Å². The third-order valence-electron chi connectivity index (χ3n) is 6.16. The number of hydrogen-bond acceptors (Lipinski definition) is 5. The van der Waals surface area contributed by atoms with Crippen LogP contribution in [0.5, 0.6) is 0 Å². The molecule has 2 heterocycles. The predicted octanol–water partition coefficient (Wildman–Crippen LogP) is 2.79. The monoisotopic (exact) mass is 423 g/mol. The number of anilines is 1. The van der Waals surface area contributed by atoms with Crippen LogP contribution in [0.15, 0.2) is 54.6 Å². The molecule has 162 valence electrons. The zero-order chi connectivity index (χ0) is 22.0. The van der Waals surface area contributed by atoms with Crippen LogP contribution in [-0.2, 0) is 16.1 Å². The molecular weight excluding hydrogens is 398 g/mol. The number of likely N-dealkylation sites (tertiary alicyclic amines) is 1. The lowest BCUT2D eigenvalue weighted by molar-refractivity contribution is -0.134. The van der Waals surface area contributed by atoms with Crippen molar-refractivity contribution in [3.05, 3.63) is 65.7 Å². The lowest BCUT2D eigenvalue weighted by Gasteiger charge is -2.42. The van der Waals surface area contributed by atoms with E-state index in [1.54, 1.807) is 23.1 Å². The molecule has 0 unspecified atom stereocenters. The first-order chi connectivity index (χ1) is 14.9. The van der Waals surface area contributed by atoms with E-state index in [0.717, 1.165) is 11.3 Å². The topological polar surface area (TPSA) is 90.4 Å². The number of carbonyl (C=O) groups excluding carboxylic acids is 2. The number of hydrogen-bond donors (Lipinski definition) is 1. The number of methoxy groups -OCH3 is 1. The number of rotatable bonds is 4. The Morgan fingerprint density at radius 1 is 1.06 bits per heavy atom. The van der Waals surface area contributed by atoms with E-state index in [-0.39, 0.29) is 5.91 Å². The number of carboxylic acid groups (broad SMARTS) is 1. The molecule has 0 atom stereocenters. The molecular formula is C23H25N3O5. The van der Waals surface area contributed by atoms with E-state index in [0.29, 0.717) is 44.7 Å². The highest BCUT2D eigenvalue weighted by molar-refractivity contribution is 5.94. The molecule has 2 aromatic carbocycles. The molecule has 31 heavy (non-hydrogen) atoms. The van der Waals surface area contributed by atoms with Crippen molar-refractivity contribution in [1.82, 2.24) is 9.80 Å². The average molecular weight is 423 g/mol. The molecule has 0 bridgehead atoms. The molecule has 2 aromatic rings. The van der Waals surface area contributed by atoms with Crippen LogP contribution in [0.1, 0.15) is 28.8 Å². The summed E-state index contributed by atoms with van der Waals surface area (Å²) in [6.45, 7) is 1.39. The maximum atomic E-state index is 13.6. The molecule has 2 saturated heterocycles. The molecule has 2 aliphatic rings. The highest BCUT2D eigenvalue weighted by atomic mass is 16.5. The molecule has 0 radical (unpaired) electrons. The number of nitrogens with zero attached hydrogens (tertiary/aromatic N) is 3. The Morgan fingerprint density at radius 2 is 1.77 bits per heavy atom. The summed E-state index contributed by atoms with van der Waals surface area (Å²) in [5.41, 5.74) is 1.44. The summed E-state index contributed by atoms with van der Waals surface area (Å²) in [7, 11) is 1.34. The summed E-state index contributed by atoms with van der Waals surface area (Å²) in [6, 6.07) is 16.8. The van der Waals surface area contributed by atoms with Crippen LogP contribution in [0, 0.1) is 0 Å². The highest BCUT2D eigenvalue weighted by Crippen LogP contribution is 2.40. The van der Waals surface area contributed by atoms with Crippen LogP contribution in [-0.4, -0.2) is 65.3 Å². The highest BCUT2D eigenvalue weighted by Gasteiger charge is 2.54. The second kappa shape index (κ2) is 8.29. The van der Waals surface area contributed by atoms with Gasteiger partial charge in [0.2, 0.25) is 5.91 Å². The van der Waals surface area contributed by atoms with Gasteiger partial charge in [-0.05, 0) is 42.7 Å². The third-order valence-corrected chi connectivity index (χ3v) is 6.16. The molecule has 2 aliphatic heterocycles. The van der Waals surface area contributed by atoms with Crippen LogP contribution >= 0.6 is 0 Å². The molecule has 8 nitrogen and oxygen atoms in total. The van der Waals surface area contributed by atoms with E-state index >= 15 is 0 Å². The number of para-hydroxylation sites is 1. The lowest BCUT2D eigenvalue weighted by Crippen LogP contribution is -2.57. The lowest BCUT2D eigenvalue weighted by atomic mass is 9.85. The summed E-state index contributed by atoms with van der Waals surface area (Å²) in [5.74, 6) is -0.428. The minimum Gasteiger partial charge on any atom is -0.465 e. The Hall–Kier alpha value is -3.55. The molecule has 2 amide bonds. The number of carbonyl (C=O) groups is 3. The maximum absolute atomic E-state index is 13.6. The average Bonchev–Trinajstić information content (AvgIpc) is 3.05. The van der Waals surface area contributed by atoms with Crippen molar-refractivity contribution in [1.29, 1.82) is 0 Å². The van der Waals surface area contributed by atoms with E-state index in [4.69, 9.17) is 4.74 Å². The van der Waals surface area contributed by atoms with Gasteiger partial charge in [0, 0.05) is 25.3 Å². The fourth-order valence-electron chi connectivity index (χ4n) is 4.53. The summed E-state index contributed by atoms with van der Waals surface area (Å²) in [5, 5.41) is 9.34. The number of benzene rings is 2. The normalized spacial score (nSPS) is 17.8. The maximum Gasteiger partial charge on any atom is 0.407 e. The van der Waals surface area contributed by atoms with Gasteiger partial charge in [-0.25, -0.2) is 9.59 Å². The number of esters is 1. The Bertz CT molecular complexity index is 986. The first-order valence-electron chi connectivity index (χ1n) is 10.2. The van der Waals surface area contributed by atoms with Crippen LogP contribution < -0.4 is 4.90 Å². The zero-order valence-electron chi connectivity index (χ0n) is 17.4. The van der Waals surface area contributed by atoms with E-state index < -0.39 is 17.6 Å². The van der Waals surface area contributed by atoms with Gasteiger partial charge in [-0.3, -0.25) is 4.79 Å². The van der Waals surface area contributed by atoms with Gasteiger partial charge in [0.15, 0.2) is 0 Å². The van der Waals surface area contributed by atoms with Gasteiger partial charge >= 0.3 is 12.1 Å². The van der Waals surface area contributed by atoms with Crippen molar-refractivity contribution in [2.45, 2.75) is 24.9 Å². The summed E-state index contributed by atoms with van der Waals surface area (Å²) < 4.78 is 4.80. The first-order valence-corrected chi connectivity index (χ1v) is 10.2. The van der Waals surface area contributed by atoms with Crippen LogP contribution in [0.2, 0.25) is 0 Å². The third kappa shape index (κ3) is 3.81. The molecule has 2 fully saturated rings. The molecule has 0 aromatic heterocycles. The van der Waals surface area contributed by atoms with Gasteiger partial charge in [-0.15, -0.1) is 0 Å². The summed E-state index contributed by atoms with van der Waals surface area (Å²) in [6.07, 6.45) is -0.0830. The molecule has 0 aliphatic carbocycles. The fraction of sp³-hybridized carbons (Fsp3) is 0.348. The molecule has 8 heteroatoms. The van der Waals surface area contributed by atoms with Crippen molar-refractivity contribution in [3.8, 4) is 0 Å². The molecule has 4 rings (SSSR count). The van der Waals surface area contributed by atoms with Crippen molar-refractivity contribution in [2.75, 3.05) is 31.8 Å². The number of piperidine rings is 1. The fourth-order valence-corrected chi connectivity index (χ4v) is 4.53. The molecule has 1 spiro atoms. The van der Waals surface area contributed by atoms with Gasteiger partial charge in [-0.2, -0.15) is 0 Å². The Morgan fingerprint density at radius 3 is 2.42 bits per heavy atom. The quantitative estimate of drug-likeness (QED) is 0.761. The largest absolute Gasteiger partial charge is 0.465 e. The van der Waals surface area contributed by atoms with Crippen LogP contribution in [0.4, 0.5) is 10.5 Å². The Labute approximate surface area is 180 Å². The van der Waals surface area contributed by atoms with Gasteiger partial charge < -0.3 is 24.5 Å². The number of ether oxygens (including phenoxy) is 1. The van der Waals surface area contributed by atoms with Gasteiger partial charge in [0.1, 0.15) is 5.54 Å². The predicted molar refractivity (Wildman–Crippen MR) is 114 cm³/mol. The second-order valence-electron chi connectivity index (χ2n) is 7.90. The van der Waals surface area contributed by atoms with E-state index in [1.165, 1.54) is 12.0 Å². The second-order valence-corrected chi connectivity index (χ2v) is 7.90. The zero-order valence-corrected chi connectivity index (χ0v) is 17.4. The van der Waals surface area contributed by atoms with Crippen molar-refractivity contribution in [3.63, 3.8) is 0 Å². The van der Waals surface area contributed by atoms with Crippen molar-refractivity contribution in [2.24, 2.45) is 0 Å². The summed E-state index contributed by atoms with van der Waals surface area (Å²) in [4.78, 5) is 42.1. The van der Waals surface area contributed by atoms with E-state index in [1.807, 2.05) is 36.4 Å². The molecule has 1 N–H and O–H groups in total. The van der Waals surface area contributed by atoms with Gasteiger partial charge in [-0.1, -0.05) is 30.3 Å². The summed E-state index contributed by atoms with van der Waals surface area (Å²) >= 11 is 0. The standard InChI is InChI=1S/C23H25N3O5/c1-31-20(27)18-7-5-6-17(14-18)15-25-16-26(19-8-3-2-4-9-19)23(21(25)28)10-12-24(13-11-23)22(29)30/h2-9,14H,10-13,15-16H2,1H3,(H,29,30). The van der Waals surface area contributed by atoms with Crippen LogP contribution in [0.25, 0.3) is 0 Å². The first kappa shape index (κ1) is 20.7. The minimum atomic E-state index is -0.956. The molecule has 0 saturated carbocycles. The Balaban J connectivity index is 1.62. The van der Waals surface area contributed by atoms with Gasteiger partial charge in [0.25, 0.3) is 0 Å². The SMILES string of the molecule is COC(=O)c1cccc(CN2CN(c3ccccc3)C3(CCN(C(=O)O)CC3)C2=O)c1. The Kier molecular flexibility index (Phi) is 5.54. The minimum absolute atomic E-state index is 0.00939. The smallest absolute Gasteiger partial charge is 0.407 e. The van der Waals surface area contributed by atoms with Crippen molar-refractivity contribution < 1.29 is 24.2 Å². The van der Waals surface area contributed by atoms with Gasteiger partial charge in [0.05, 0.1) is 19.3 Å². The number of amides is 2. The van der Waals surface area contributed by atoms with E-state index in [9.17, 15) is 19.5 Å². The van der Waals surface area contributed by atoms with Crippen molar-refractivity contribution >= 4 is 23.7 Å².